The predicted octanol–water partition coefficient (Wildman–Crippen LogP) is 3.82. The fourth-order valence-corrected chi connectivity index (χ4v) is 4.55. The van der Waals surface area contributed by atoms with Crippen LogP contribution in [0.1, 0.15) is 50.5 Å². The van der Waals surface area contributed by atoms with E-state index < -0.39 is 0 Å². The van der Waals surface area contributed by atoms with Gasteiger partial charge >= 0.3 is 0 Å². The van der Waals surface area contributed by atoms with Crippen LogP contribution >= 0.6 is 0 Å². The average Bonchev–Trinajstić information content (AvgIpc) is 2.53. The number of fused-ring (bicyclic) bond motifs is 1. The lowest BCUT2D eigenvalue weighted by molar-refractivity contribution is 0.111. The molecule has 0 bridgehead atoms. The van der Waals surface area contributed by atoms with Crippen LogP contribution in [0.15, 0.2) is 24.5 Å². The zero-order valence-corrected chi connectivity index (χ0v) is 12.7. The maximum Gasteiger partial charge on any atom is 0.0270 e. The highest BCUT2D eigenvalue weighted by Gasteiger charge is 2.34. The van der Waals surface area contributed by atoms with Gasteiger partial charge < -0.3 is 5.32 Å². The molecule has 0 aromatic carbocycles. The van der Waals surface area contributed by atoms with Gasteiger partial charge in [-0.25, -0.2) is 0 Å². The van der Waals surface area contributed by atoms with Crippen molar-refractivity contribution < 1.29 is 0 Å². The molecular formula is C18H28N2. The second-order valence-corrected chi connectivity index (χ2v) is 6.83. The van der Waals surface area contributed by atoms with E-state index in [1.807, 2.05) is 12.4 Å². The summed E-state index contributed by atoms with van der Waals surface area (Å²) in [7, 11) is 2.14. The van der Waals surface area contributed by atoms with Crippen molar-refractivity contribution in [3.63, 3.8) is 0 Å². The number of likely N-dealkylation sites (N-methyl/N-ethyl adjacent to an activating group) is 1. The molecule has 0 saturated heterocycles. The molecule has 2 aliphatic rings. The van der Waals surface area contributed by atoms with Gasteiger partial charge in [0.15, 0.2) is 0 Å². The van der Waals surface area contributed by atoms with Gasteiger partial charge in [-0.3, -0.25) is 4.98 Å². The number of aromatic nitrogens is 1. The van der Waals surface area contributed by atoms with Crippen molar-refractivity contribution in [2.45, 2.75) is 57.4 Å². The maximum atomic E-state index is 4.12. The van der Waals surface area contributed by atoms with Gasteiger partial charge in [-0.2, -0.15) is 0 Å². The quantitative estimate of drug-likeness (QED) is 0.901. The van der Waals surface area contributed by atoms with Crippen LogP contribution in [0.4, 0.5) is 0 Å². The molecule has 2 fully saturated rings. The van der Waals surface area contributed by atoms with Crippen LogP contribution in [-0.4, -0.2) is 18.1 Å². The summed E-state index contributed by atoms with van der Waals surface area (Å²) in [5.74, 6) is 2.95. The second-order valence-electron chi connectivity index (χ2n) is 6.83. The van der Waals surface area contributed by atoms with Gasteiger partial charge in [0.1, 0.15) is 0 Å². The molecule has 2 heteroatoms. The number of pyridine rings is 1. The SMILES string of the molecule is CNC(Cc1ccncc1)C1CCC2CCCCC2C1. The normalized spacial score (nSPS) is 31.6. The molecule has 1 aromatic rings. The molecule has 3 rings (SSSR count). The summed E-state index contributed by atoms with van der Waals surface area (Å²) in [5, 5.41) is 3.60. The van der Waals surface area contributed by atoms with Gasteiger partial charge in [0.25, 0.3) is 0 Å². The monoisotopic (exact) mass is 272 g/mol. The Kier molecular flexibility index (Phi) is 4.72. The highest BCUT2D eigenvalue weighted by molar-refractivity contribution is 5.12. The summed E-state index contributed by atoms with van der Waals surface area (Å²) in [5.41, 5.74) is 1.42. The van der Waals surface area contributed by atoms with E-state index >= 15 is 0 Å². The van der Waals surface area contributed by atoms with Crippen molar-refractivity contribution in [2.24, 2.45) is 17.8 Å². The number of hydrogen-bond acceptors (Lipinski definition) is 2. The van der Waals surface area contributed by atoms with Gasteiger partial charge in [0, 0.05) is 18.4 Å². The zero-order chi connectivity index (χ0) is 13.8. The minimum Gasteiger partial charge on any atom is -0.316 e. The van der Waals surface area contributed by atoms with Gasteiger partial charge in [-0.15, -0.1) is 0 Å². The highest BCUT2D eigenvalue weighted by Crippen LogP contribution is 2.43. The summed E-state index contributed by atoms with van der Waals surface area (Å²) >= 11 is 0. The molecule has 0 aliphatic heterocycles. The Bertz CT molecular complexity index is 403. The third kappa shape index (κ3) is 3.22. The van der Waals surface area contributed by atoms with Crippen molar-refractivity contribution in [2.75, 3.05) is 7.05 Å². The van der Waals surface area contributed by atoms with Crippen molar-refractivity contribution in [1.82, 2.24) is 10.3 Å². The average molecular weight is 272 g/mol. The van der Waals surface area contributed by atoms with Crippen LogP contribution in [0.2, 0.25) is 0 Å². The zero-order valence-electron chi connectivity index (χ0n) is 12.7. The largest absolute Gasteiger partial charge is 0.316 e. The van der Waals surface area contributed by atoms with Crippen LogP contribution in [0.3, 0.4) is 0 Å². The molecule has 4 atom stereocenters. The number of nitrogens with zero attached hydrogens (tertiary/aromatic N) is 1. The third-order valence-corrected chi connectivity index (χ3v) is 5.73. The van der Waals surface area contributed by atoms with Crippen molar-refractivity contribution in [3.05, 3.63) is 30.1 Å². The maximum absolute atomic E-state index is 4.12. The number of hydrogen-bond donors (Lipinski definition) is 1. The lowest BCUT2D eigenvalue weighted by Crippen LogP contribution is -2.40. The van der Waals surface area contributed by atoms with Crippen LogP contribution in [-0.2, 0) is 6.42 Å². The Morgan fingerprint density at radius 2 is 1.85 bits per heavy atom. The molecule has 1 N–H and O–H groups in total. The van der Waals surface area contributed by atoms with E-state index in [9.17, 15) is 0 Å². The summed E-state index contributed by atoms with van der Waals surface area (Å²) in [6.07, 6.45) is 15.3. The first-order valence-electron chi connectivity index (χ1n) is 8.43. The second kappa shape index (κ2) is 6.71. The molecule has 0 amide bonds. The third-order valence-electron chi connectivity index (χ3n) is 5.73. The fraction of sp³-hybridized carbons (Fsp3) is 0.722. The highest BCUT2D eigenvalue weighted by atomic mass is 14.9. The number of rotatable bonds is 4. The van der Waals surface area contributed by atoms with Crippen LogP contribution in [0.25, 0.3) is 0 Å². The molecular weight excluding hydrogens is 244 g/mol. The predicted molar refractivity (Wildman–Crippen MR) is 83.6 cm³/mol. The molecule has 1 heterocycles. The van der Waals surface area contributed by atoms with Crippen molar-refractivity contribution in [3.8, 4) is 0 Å². The first kappa shape index (κ1) is 14.1. The van der Waals surface area contributed by atoms with E-state index in [1.165, 1.54) is 50.5 Å². The Morgan fingerprint density at radius 1 is 1.10 bits per heavy atom. The summed E-state index contributed by atoms with van der Waals surface area (Å²) in [4.78, 5) is 4.12. The fourth-order valence-electron chi connectivity index (χ4n) is 4.55. The van der Waals surface area contributed by atoms with Crippen LogP contribution < -0.4 is 5.32 Å². The lowest BCUT2D eigenvalue weighted by atomic mass is 9.65. The Morgan fingerprint density at radius 3 is 2.60 bits per heavy atom. The molecule has 110 valence electrons. The molecule has 2 saturated carbocycles. The van der Waals surface area contributed by atoms with E-state index in [0.29, 0.717) is 6.04 Å². The molecule has 1 aromatic heterocycles. The number of nitrogens with one attached hydrogen (secondary N) is 1. The molecule has 2 aliphatic carbocycles. The van der Waals surface area contributed by atoms with Gasteiger partial charge in [0.05, 0.1) is 0 Å². The van der Waals surface area contributed by atoms with E-state index in [2.05, 4.69) is 29.5 Å². The first-order valence-corrected chi connectivity index (χ1v) is 8.43. The smallest absolute Gasteiger partial charge is 0.0270 e. The van der Waals surface area contributed by atoms with E-state index in [1.54, 1.807) is 0 Å². The standard InChI is InChI=1S/C18H28N2/c1-19-18(12-14-8-10-20-11-9-14)17-7-6-15-4-2-3-5-16(15)13-17/h8-11,15-19H,2-7,12-13H2,1H3. The molecule has 0 spiro atoms. The van der Waals surface area contributed by atoms with Crippen LogP contribution in [0.5, 0.6) is 0 Å². The minimum absolute atomic E-state index is 0.639. The van der Waals surface area contributed by atoms with Gasteiger partial charge in [-0.1, -0.05) is 25.7 Å². The van der Waals surface area contributed by atoms with E-state index in [0.717, 1.165) is 24.2 Å². The van der Waals surface area contributed by atoms with E-state index in [4.69, 9.17) is 0 Å². The first-order chi connectivity index (χ1) is 9.86. The Balaban J connectivity index is 1.61. The molecule has 4 unspecified atom stereocenters. The Labute approximate surface area is 123 Å². The minimum atomic E-state index is 0.639. The topological polar surface area (TPSA) is 24.9 Å². The van der Waals surface area contributed by atoms with Gasteiger partial charge in [0.2, 0.25) is 0 Å². The van der Waals surface area contributed by atoms with E-state index in [-0.39, 0.29) is 0 Å². The molecule has 20 heavy (non-hydrogen) atoms. The molecule has 2 nitrogen and oxygen atoms in total. The Hall–Kier alpha value is -0.890. The van der Waals surface area contributed by atoms with Crippen LogP contribution in [0, 0.1) is 17.8 Å². The van der Waals surface area contributed by atoms with Crippen molar-refractivity contribution >= 4 is 0 Å². The van der Waals surface area contributed by atoms with Crippen molar-refractivity contribution in [1.29, 1.82) is 0 Å². The lowest BCUT2D eigenvalue weighted by Gasteiger charge is -2.42. The molecule has 0 radical (unpaired) electrons. The summed E-state index contributed by atoms with van der Waals surface area (Å²) in [6.45, 7) is 0. The summed E-state index contributed by atoms with van der Waals surface area (Å²) < 4.78 is 0. The van der Waals surface area contributed by atoms with Gasteiger partial charge in [-0.05, 0) is 68.2 Å². The summed E-state index contributed by atoms with van der Waals surface area (Å²) in [6, 6.07) is 4.97.